The van der Waals surface area contributed by atoms with E-state index < -0.39 is 18.4 Å². The molecule has 1 heterocycles. The van der Waals surface area contributed by atoms with E-state index in [4.69, 9.17) is 8.98 Å². The van der Waals surface area contributed by atoms with Gasteiger partial charge in [-0.3, -0.25) is 9.54 Å². The maximum atomic E-state index is 11.2. The fourth-order valence-electron chi connectivity index (χ4n) is 2.89. The first kappa shape index (κ1) is 23.7. The highest BCUT2D eigenvalue weighted by atomic mass is 32.2. The fraction of sp³-hybridized carbons (Fsp3) is 0.500. The molecule has 1 N–H and O–H groups in total. The zero-order valence-electron chi connectivity index (χ0n) is 18.1. The van der Waals surface area contributed by atoms with Gasteiger partial charge in [-0.2, -0.15) is 8.42 Å². The number of pyridine rings is 1. The van der Waals surface area contributed by atoms with Gasteiger partial charge in [0.15, 0.2) is 8.32 Å². The molecule has 0 saturated heterocycles. The molecule has 0 aliphatic rings. The lowest BCUT2D eigenvalue weighted by Crippen LogP contribution is -2.44. The first-order valence-electron chi connectivity index (χ1n) is 10.0. The monoisotopic (exact) mass is 435 g/mol. The fourth-order valence-corrected chi connectivity index (χ4v) is 4.79. The van der Waals surface area contributed by atoms with Crippen molar-refractivity contribution in [2.75, 3.05) is 0 Å². The number of aryl methyl sites for hydroxylation is 2. The SMILES string of the molecule is CC(C)(C)[Si](C)(C)OC(CCc1ccc(S(=O)(=O)O)cc1)CCc1cccnc1. The molecule has 5 nitrogen and oxygen atoms in total. The summed E-state index contributed by atoms with van der Waals surface area (Å²) in [5, 5.41) is 0.136. The van der Waals surface area contributed by atoms with E-state index in [1.54, 1.807) is 18.3 Å². The van der Waals surface area contributed by atoms with Crippen LogP contribution in [-0.4, -0.2) is 32.4 Å². The van der Waals surface area contributed by atoms with E-state index in [2.05, 4.69) is 44.9 Å². The summed E-state index contributed by atoms with van der Waals surface area (Å²) in [6, 6.07) is 10.5. The Bertz CT molecular complexity index is 875. The Kier molecular flexibility index (Phi) is 7.78. The van der Waals surface area contributed by atoms with Crippen LogP contribution >= 0.6 is 0 Å². The molecule has 0 spiro atoms. The molecule has 7 heteroatoms. The Labute approximate surface area is 176 Å². The number of rotatable bonds is 9. The third-order valence-electron chi connectivity index (χ3n) is 5.72. The van der Waals surface area contributed by atoms with Crippen LogP contribution in [0.1, 0.15) is 44.7 Å². The Morgan fingerprint density at radius 3 is 2.10 bits per heavy atom. The average Bonchev–Trinajstić information content (AvgIpc) is 2.63. The van der Waals surface area contributed by atoms with Gasteiger partial charge in [-0.1, -0.05) is 39.0 Å². The first-order valence-corrected chi connectivity index (χ1v) is 14.4. The van der Waals surface area contributed by atoms with Crippen molar-refractivity contribution < 1.29 is 17.4 Å². The summed E-state index contributed by atoms with van der Waals surface area (Å²) in [5.41, 5.74) is 2.23. The number of hydrogen-bond donors (Lipinski definition) is 1. The van der Waals surface area contributed by atoms with E-state index in [0.717, 1.165) is 31.2 Å². The van der Waals surface area contributed by atoms with Crippen molar-refractivity contribution in [3.05, 3.63) is 59.9 Å². The molecule has 160 valence electrons. The average molecular weight is 436 g/mol. The lowest BCUT2D eigenvalue weighted by atomic mass is 10.0. The summed E-state index contributed by atoms with van der Waals surface area (Å²) in [4.78, 5) is 4.12. The summed E-state index contributed by atoms with van der Waals surface area (Å²) < 4.78 is 38.3. The van der Waals surface area contributed by atoms with Crippen molar-refractivity contribution in [2.24, 2.45) is 0 Å². The van der Waals surface area contributed by atoms with Crippen molar-refractivity contribution in [1.82, 2.24) is 4.98 Å². The third kappa shape index (κ3) is 7.33. The Morgan fingerprint density at radius 1 is 1.03 bits per heavy atom. The smallest absolute Gasteiger partial charge is 0.294 e. The standard InChI is InChI=1S/C22H33NO4SSi/c1-22(2,3)29(4,5)27-20(13-9-19-7-6-16-23-17-19)12-8-18-10-14-21(15-11-18)28(24,25)26/h6-7,10-11,14-17,20H,8-9,12-13H2,1-5H3,(H,24,25,26). The lowest BCUT2D eigenvalue weighted by Gasteiger charge is -2.39. The van der Waals surface area contributed by atoms with Crippen molar-refractivity contribution in [1.29, 1.82) is 0 Å². The van der Waals surface area contributed by atoms with Gasteiger partial charge in [-0.05, 0) is 73.1 Å². The van der Waals surface area contributed by atoms with Crippen molar-refractivity contribution >= 4 is 18.4 Å². The molecule has 0 aliphatic heterocycles. The van der Waals surface area contributed by atoms with Gasteiger partial charge in [0.05, 0.1) is 4.90 Å². The lowest BCUT2D eigenvalue weighted by molar-refractivity contribution is 0.162. The van der Waals surface area contributed by atoms with Crippen LogP contribution in [0.3, 0.4) is 0 Å². The van der Waals surface area contributed by atoms with Gasteiger partial charge < -0.3 is 4.43 Å². The highest BCUT2D eigenvalue weighted by Crippen LogP contribution is 2.38. The highest BCUT2D eigenvalue weighted by molar-refractivity contribution is 7.85. The second-order valence-corrected chi connectivity index (χ2v) is 15.2. The summed E-state index contributed by atoms with van der Waals surface area (Å²) in [6.07, 6.45) is 7.28. The number of hydrogen-bond acceptors (Lipinski definition) is 4. The zero-order valence-corrected chi connectivity index (χ0v) is 19.9. The van der Waals surface area contributed by atoms with Gasteiger partial charge in [-0.25, -0.2) is 0 Å². The minimum Gasteiger partial charge on any atom is -0.414 e. The molecular formula is C22H33NO4SSi. The maximum absolute atomic E-state index is 11.2. The van der Waals surface area contributed by atoms with Gasteiger partial charge in [0, 0.05) is 18.5 Å². The predicted octanol–water partition coefficient (Wildman–Crippen LogP) is 5.28. The summed E-state index contributed by atoms with van der Waals surface area (Å²) >= 11 is 0. The van der Waals surface area contributed by atoms with Crippen molar-refractivity contribution in [3.8, 4) is 0 Å². The summed E-state index contributed by atoms with van der Waals surface area (Å²) in [6.45, 7) is 11.3. The molecule has 2 aromatic rings. The highest BCUT2D eigenvalue weighted by Gasteiger charge is 2.38. The summed E-state index contributed by atoms with van der Waals surface area (Å²) in [7, 11) is -6.06. The molecule has 0 aliphatic carbocycles. The van der Waals surface area contributed by atoms with Gasteiger partial charge in [0.2, 0.25) is 0 Å². The van der Waals surface area contributed by atoms with Crippen LogP contribution < -0.4 is 0 Å². The van der Waals surface area contributed by atoms with Crippen molar-refractivity contribution in [2.45, 2.75) is 75.6 Å². The van der Waals surface area contributed by atoms with Gasteiger partial charge in [-0.15, -0.1) is 0 Å². The normalized spacial score (nSPS) is 14.0. The largest absolute Gasteiger partial charge is 0.414 e. The second-order valence-electron chi connectivity index (χ2n) is 9.06. The van der Waals surface area contributed by atoms with Crippen LogP contribution in [-0.2, 0) is 27.4 Å². The molecule has 2 rings (SSSR count). The van der Waals surface area contributed by atoms with Crippen molar-refractivity contribution in [3.63, 3.8) is 0 Å². The number of aromatic nitrogens is 1. The van der Waals surface area contributed by atoms with Crippen LogP contribution in [0.15, 0.2) is 53.7 Å². The number of benzene rings is 1. The number of nitrogens with zero attached hydrogens (tertiary/aromatic N) is 1. The van der Waals surface area contributed by atoms with Crippen LogP contribution in [0.5, 0.6) is 0 Å². The van der Waals surface area contributed by atoms with E-state index in [1.165, 1.54) is 17.7 Å². The minimum atomic E-state index is -4.16. The summed E-state index contributed by atoms with van der Waals surface area (Å²) in [5.74, 6) is 0. The van der Waals surface area contributed by atoms with Gasteiger partial charge >= 0.3 is 0 Å². The molecule has 0 bridgehead atoms. The Morgan fingerprint density at radius 2 is 1.62 bits per heavy atom. The molecule has 0 saturated carbocycles. The minimum absolute atomic E-state index is 0.0769. The first-order chi connectivity index (χ1) is 13.4. The Hall–Kier alpha value is -1.54. The topological polar surface area (TPSA) is 76.5 Å². The molecule has 0 amide bonds. The predicted molar refractivity (Wildman–Crippen MR) is 119 cm³/mol. The van der Waals surface area contributed by atoms with E-state index in [0.29, 0.717) is 0 Å². The molecule has 1 aromatic heterocycles. The van der Waals surface area contributed by atoms with E-state index in [1.807, 2.05) is 12.3 Å². The van der Waals surface area contributed by atoms with Crippen LogP contribution in [0.25, 0.3) is 0 Å². The van der Waals surface area contributed by atoms with Gasteiger partial charge in [0.1, 0.15) is 0 Å². The zero-order chi connectivity index (χ0) is 21.7. The van der Waals surface area contributed by atoms with E-state index in [-0.39, 0.29) is 16.0 Å². The molecule has 1 unspecified atom stereocenters. The quantitative estimate of drug-likeness (QED) is 0.428. The van der Waals surface area contributed by atoms with Gasteiger partial charge in [0.25, 0.3) is 10.1 Å². The molecule has 1 aromatic carbocycles. The maximum Gasteiger partial charge on any atom is 0.294 e. The van der Waals surface area contributed by atoms with Crippen LogP contribution in [0.2, 0.25) is 18.1 Å². The third-order valence-corrected chi connectivity index (χ3v) is 11.1. The Balaban J connectivity index is 2.07. The molecular weight excluding hydrogens is 402 g/mol. The second kappa shape index (κ2) is 9.51. The van der Waals surface area contributed by atoms with E-state index >= 15 is 0 Å². The molecule has 0 fully saturated rings. The van der Waals surface area contributed by atoms with E-state index in [9.17, 15) is 8.42 Å². The molecule has 29 heavy (non-hydrogen) atoms. The van der Waals surface area contributed by atoms with Crippen LogP contribution in [0, 0.1) is 0 Å². The molecule has 1 atom stereocenters. The molecule has 0 radical (unpaired) electrons. The van der Waals surface area contributed by atoms with Crippen LogP contribution in [0.4, 0.5) is 0 Å².